The second-order valence-corrected chi connectivity index (χ2v) is 6.06. The number of carbonyl (C=O) groups is 1. The van der Waals surface area contributed by atoms with Crippen LogP contribution in [0.25, 0.3) is 0 Å². The largest absolute Gasteiger partial charge is 0.480 e. The molecule has 0 saturated heterocycles. The third-order valence-corrected chi connectivity index (χ3v) is 4.55. The van der Waals surface area contributed by atoms with E-state index in [4.69, 9.17) is 5.11 Å². The molecular weight excluding hydrogens is 280 g/mol. The first kappa shape index (κ1) is 16.4. The SMILES string of the molecule is Cc1cnc(CSC(C(=O)O)C(C)C)c(C)c1[N+](=O)[O-]. The van der Waals surface area contributed by atoms with E-state index in [1.54, 1.807) is 13.8 Å². The summed E-state index contributed by atoms with van der Waals surface area (Å²) in [6, 6.07) is 0. The van der Waals surface area contributed by atoms with Crippen LogP contribution in [0.2, 0.25) is 0 Å². The molecule has 1 heterocycles. The van der Waals surface area contributed by atoms with Crippen LogP contribution in [0.1, 0.15) is 30.7 Å². The van der Waals surface area contributed by atoms with E-state index >= 15 is 0 Å². The Morgan fingerprint density at radius 2 is 2.10 bits per heavy atom. The van der Waals surface area contributed by atoms with Crippen molar-refractivity contribution in [2.75, 3.05) is 0 Å². The predicted molar refractivity (Wildman–Crippen MR) is 77.9 cm³/mol. The number of nitro groups is 1. The van der Waals surface area contributed by atoms with Crippen molar-refractivity contribution < 1.29 is 14.8 Å². The zero-order valence-electron chi connectivity index (χ0n) is 11.9. The summed E-state index contributed by atoms with van der Waals surface area (Å²) in [6.07, 6.45) is 1.46. The van der Waals surface area contributed by atoms with Crippen LogP contribution in [0, 0.1) is 29.9 Å². The molecule has 0 aromatic carbocycles. The molecule has 0 bridgehead atoms. The van der Waals surface area contributed by atoms with E-state index < -0.39 is 16.1 Å². The molecule has 0 spiro atoms. The van der Waals surface area contributed by atoms with Crippen LogP contribution in [0.4, 0.5) is 5.69 Å². The summed E-state index contributed by atoms with van der Waals surface area (Å²) < 4.78 is 0. The highest BCUT2D eigenvalue weighted by molar-refractivity contribution is 7.99. The molecule has 6 nitrogen and oxygen atoms in total. The summed E-state index contributed by atoms with van der Waals surface area (Å²) >= 11 is 1.25. The first-order valence-corrected chi connectivity index (χ1v) is 7.24. The number of hydrogen-bond donors (Lipinski definition) is 1. The Morgan fingerprint density at radius 1 is 1.50 bits per heavy atom. The van der Waals surface area contributed by atoms with E-state index in [2.05, 4.69) is 4.98 Å². The maximum absolute atomic E-state index is 11.1. The van der Waals surface area contributed by atoms with Crippen LogP contribution in [-0.4, -0.2) is 26.2 Å². The average Bonchev–Trinajstić information content (AvgIpc) is 2.30. The molecule has 0 saturated carbocycles. The van der Waals surface area contributed by atoms with Gasteiger partial charge in [0.05, 0.1) is 10.6 Å². The summed E-state index contributed by atoms with van der Waals surface area (Å²) in [7, 11) is 0. The Morgan fingerprint density at radius 3 is 2.55 bits per heavy atom. The number of aromatic nitrogens is 1. The lowest BCUT2D eigenvalue weighted by Gasteiger charge is -2.16. The first-order chi connectivity index (χ1) is 9.25. The van der Waals surface area contributed by atoms with Gasteiger partial charge < -0.3 is 5.11 Å². The topological polar surface area (TPSA) is 93.3 Å². The van der Waals surface area contributed by atoms with Gasteiger partial charge in [0.1, 0.15) is 5.25 Å². The fourth-order valence-corrected chi connectivity index (χ4v) is 3.07. The number of aliphatic carboxylic acids is 1. The summed E-state index contributed by atoms with van der Waals surface area (Å²) in [5, 5.41) is 19.6. The monoisotopic (exact) mass is 298 g/mol. The van der Waals surface area contributed by atoms with Crippen molar-refractivity contribution in [3.05, 3.63) is 33.1 Å². The van der Waals surface area contributed by atoms with E-state index in [9.17, 15) is 14.9 Å². The Balaban J connectivity index is 2.97. The molecule has 110 valence electrons. The molecule has 0 aliphatic carbocycles. The Bertz CT molecular complexity index is 531. The lowest BCUT2D eigenvalue weighted by molar-refractivity contribution is -0.386. The summed E-state index contributed by atoms with van der Waals surface area (Å²) in [4.78, 5) is 25.9. The number of rotatable bonds is 6. The fraction of sp³-hybridized carbons (Fsp3) is 0.538. The summed E-state index contributed by atoms with van der Waals surface area (Å²) in [5.41, 5.74) is 1.65. The molecule has 0 aliphatic heterocycles. The number of hydrogen-bond acceptors (Lipinski definition) is 5. The van der Waals surface area contributed by atoms with Crippen molar-refractivity contribution in [1.82, 2.24) is 4.98 Å². The summed E-state index contributed by atoms with van der Waals surface area (Å²) in [6.45, 7) is 6.97. The number of carboxylic acid groups (broad SMARTS) is 1. The van der Waals surface area contributed by atoms with Crippen LogP contribution in [0.3, 0.4) is 0 Å². The van der Waals surface area contributed by atoms with Crippen molar-refractivity contribution in [2.45, 2.75) is 38.7 Å². The molecule has 1 aromatic rings. The van der Waals surface area contributed by atoms with E-state index in [0.29, 0.717) is 22.6 Å². The Labute approximate surface area is 121 Å². The van der Waals surface area contributed by atoms with E-state index in [0.717, 1.165) is 0 Å². The smallest absolute Gasteiger partial charge is 0.316 e. The van der Waals surface area contributed by atoms with Gasteiger partial charge in [-0.3, -0.25) is 19.9 Å². The number of nitrogens with zero attached hydrogens (tertiary/aromatic N) is 2. The van der Waals surface area contributed by atoms with Gasteiger partial charge in [-0.25, -0.2) is 0 Å². The van der Waals surface area contributed by atoms with Gasteiger partial charge in [-0.2, -0.15) is 0 Å². The summed E-state index contributed by atoms with van der Waals surface area (Å²) in [5.74, 6) is -0.537. The highest BCUT2D eigenvalue weighted by Gasteiger charge is 2.24. The molecule has 1 atom stereocenters. The van der Waals surface area contributed by atoms with Crippen molar-refractivity contribution in [2.24, 2.45) is 5.92 Å². The van der Waals surface area contributed by atoms with Crippen LogP contribution in [0.5, 0.6) is 0 Å². The highest BCUT2D eigenvalue weighted by atomic mass is 32.2. The molecule has 0 radical (unpaired) electrons. The second kappa shape index (κ2) is 6.69. The molecule has 1 aromatic heterocycles. The minimum atomic E-state index is -0.871. The minimum absolute atomic E-state index is 0.0155. The average molecular weight is 298 g/mol. The van der Waals surface area contributed by atoms with Crippen LogP contribution < -0.4 is 0 Å². The van der Waals surface area contributed by atoms with Crippen LogP contribution in [0.15, 0.2) is 6.20 Å². The molecule has 1 N–H and O–H groups in total. The highest BCUT2D eigenvalue weighted by Crippen LogP contribution is 2.29. The van der Waals surface area contributed by atoms with Gasteiger partial charge >= 0.3 is 5.97 Å². The molecule has 20 heavy (non-hydrogen) atoms. The molecular formula is C13H18N2O4S. The normalized spacial score (nSPS) is 12.4. The minimum Gasteiger partial charge on any atom is -0.480 e. The first-order valence-electron chi connectivity index (χ1n) is 6.19. The number of aryl methyl sites for hydroxylation is 1. The van der Waals surface area contributed by atoms with Crippen LogP contribution >= 0.6 is 11.8 Å². The lowest BCUT2D eigenvalue weighted by atomic mass is 10.1. The Kier molecular flexibility index (Phi) is 5.50. The van der Waals surface area contributed by atoms with Gasteiger partial charge in [-0.15, -0.1) is 11.8 Å². The zero-order chi connectivity index (χ0) is 15.4. The molecule has 0 fully saturated rings. The fourth-order valence-electron chi connectivity index (χ4n) is 1.91. The van der Waals surface area contributed by atoms with Gasteiger partial charge in [0, 0.05) is 23.1 Å². The van der Waals surface area contributed by atoms with Gasteiger partial charge in [-0.1, -0.05) is 13.8 Å². The van der Waals surface area contributed by atoms with E-state index in [-0.39, 0.29) is 11.6 Å². The van der Waals surface area contributed by atoms with Gasteiger partial charge in [0.15, 0.2) is 0 Å². The Hall–Kier alpha value is -1.63. The molecule has 0 aliphatic rings. The van der Waals surface area contributed by atoms with Gasteiger partial charge in [0.2, 0.25) is 0 Å². The maximum Gasteiger partial charge on any atom is 0.316 e. The third-order valence-electron chi connectivity index (χ3n) is 3.01. The molecule has 1 unspecified atom stereocenters. The standard InChI is InChI=1S/C13H18N2O4S/c1-7(2)12(13(16)17)20-6-10-9(4)11(15(18)19)8(3)5-14-10/h5,7,12H,6H2,1-4H3,(H,16,17). The van der Waals surface area contributed by atoms with Crippen molar-refractivity contribution >= 4 is 23.4 Å². The van der Waals surface area contributed by atoms with Crippen molar-refractivity contribution in [1.29, 1.82) is 0 Å². The molecule has 0 amide bonds. The quantitative estimate of drug-likeness (QED) is 0.641. The zero-order valence-corrected chi connectivity index (χ0v) is 12.7. The molecule has 7 heteroatoms. The number of thioether (sulfide) groups is 1. The predicted octanol–water partition coefficient (Wildman–Crippen LogP) is 2.95. The van der Waals surface area contributed by atoms with E-state index in [1.165, 1.54) is 18.0 Å². The van der Waals surface area contributed by atoms with Gasteiger partial charge in [-0.05, 0) is 19.8 Å². The maximum atomic E-state index is 11.1. The number of carboxylic acids is 1. The van der Waals surface area contributed by atoms with Crippen molar-refractivity contribution in [3.8, 4) is 0 Å². The third kappa shape index (κ3) is 3.69. The number of pyridine rings is 1. The lowest BCUT2D eigenvalue weighted by Crippen LogP contribution is -2.22. The van der Waals surface area contributed by atoms with Gasteiger partial charge in [0.25, 0.3) is 5.69 Å². The van der Waals surface area contributed by atoms with Crippen LogP contribution in [-0.2, 0) is 10.5 Å². The van der Waals surface area contributed by atoms with Crippen molar-refractivity contribution in [3.63, 3.8) is 0 Å². The van der Waals surface area contributed by atoms with E-state index in [1.807, 2.05) is 13.8 Å². The second-order valence-electron chi connectivity index (χ2n) is 4.93. The molecule has 1 rings (SSSR count).